The first-order valence-corrected chi connectivity index (χ1v) is 12.3. The van der Waals surface area contributed by atoms with Gasteiger partial charge in [0.2, 0.25) is 26.0 Å². The zero-order valence-electron chi connectivity index (χ0n) is 17.6. The van der Waals surface area contributed by atoms with Crippen LogP contribution in [0.1, 0.15) is 5.56 Å². The minimum Gasteiger partial charge on any atom is -0.495 e. The maximum atomic E-state index is 12.2. The fourth-order valence-electron chi connectivity index (χ4n) is 2.57. The second-order valence-electron chi connectivity index (χ2n) is 6.39. The maximum Gasteiger partial charge on any atom is 0.270 e. The van der Waals surface area contributed by atoms with Crippen molar-refractivity contribution in [2.45, 2.75) is 9.79 Å². The van der Waals surface area contributed by atoms with Gasteiger partial charge in [-0.25, -0.2) is 26.3 Å². The molecule has 33 heavy (non-hydrogen) atoms. The Morgan fingerprint density at radius 1 is 1.09 bits per heavy atom. The third kappa shape index (κ3) is 7.08. The highest BCUT2D eigenvalue weighted by Crippen LogP contribution is 2.25. The number of hydrogen-bond acceptors (Lipinski definition) is 8. The van der Waals surface area contributed by atoms with Crippen LogP contribution in [0, 0.1) is 10.1 Å². The molecule has 2 aromatic carbocycles. The van der Waals surface area contributed by atoms with Crippen molar-refractivity contribution in [1.29, 1.82) is 0 Å². The summed E-state index contributed by atoms with van der Waals surface area (Å²) in [7, 11) is -5.18. The van der Waals surface area contributed by atoms with Gasteiger partial charge in [0.1, 0.15) is 10.6 Å². The van der Waals surface area contributed by atoms with Crippen LogP contribution in [0.2, 0.25) is 0 Å². The number of rotatable bonds is 11. The standard InChI is InChI=1S/C19H22N4O8S2/c1-20-33(29,30)18-12-14(6-8-17(18)31-2)7-9-19(24)21-10-11-22-32(27,28)16-5-3-4-15(13-16)23(25)26/h3-9,12-13,20,22H,10-11H2,1-2H3,(H,21,24)/b9-7+. The molecule has 0 unspecified atom stereocenters. The van der Waals surface area contributed by atoms with Gasteiger partial charge in [0.15, 0.2) is 0 Å². The van der Waals surface area contributed by atoms with Crippen LogP contribution >= 0.6 is 0 Å². The lowest BCUT2D eigenvalue weighted by Gasteiger charge is -2.09. The first-order valence-electron chi connectivity index (χ1n) is 9.32. The van der Waals surface area contributed by atoms with Crippen molar-refractivity contribution in [3.8, 4) is 5.75 Å². The van der Waals surface area contributed by atoms with Gasteiger partial charge < -0.3 is 10.1 Å². The van der Waals surface area contributed by atoms with E-state index in [-0.39, 0.29) is 34.3 Å². The summed E-state index contributed by atoms with van der Waals surface area (Å²) < 4.78 is 58.1. The van der Waals surface area contributed by atoms with Crippen molar-refractivity contribution >= 4 is 37.7 Å². The molecule has 12 nitrogen and oxygen atoms in total. The van der Waals surface area contributed by atoms with Gasteiger partial charge in [-0.1, -0.05) is 12.1 Å². The molecule has 0 saturated heterocycles. The molecule has 0 spiro atoms. The molecule has 0 radical (unpaired) electrons. The predicted molar refractivity (Wildman–Crippen MR) is 120 cm³/mol. The number of sulfonamides is 2. The second kappa shape index (κ2) is 11.0. The van der Waals surface area contributed by atoms with Crippen molar-refractivity contribution in [2.24, 2.45) is 0 Å². The van der Waals surface area contributed by atoms with Gasteiger partial charge in [-0.3, -0.25) is 14.9 Å². The van der Waals surface area contributed by atoms with E-state index in [9.17, 15) is 31.7 Å². The number of benzene rings is 2. The van der Waals surface area contributed by atoms with Gasteiger partial charge >= 0.3 is 0 Å². The van der Waals surface area contributed by atoms with E-state index in [4.69, 9.17) is 4.74 Å². The zero-order valence-corrected chi connectivity index (χ0v) is 19.3. The summed E-state index contributed by atoms with van der Waals surface area (Å²) in [5.41, 5.74) is 0.0617. The van der Waals surface area contributed by atoms with Crippen LogP contribution < -0.4 is 19.5 Å². The Morgan fingerprint density at radius 2 is 1.82 bits per heavy atom. The smallest absolute Gasteiger partial charge is 0.270 e. The lowest BCUT2D eigenvalue weighted by atomic mass is 10.2. The van der Waals surface area contributed by atoms with E-state index in [1.807, 2.05) is 0 Å². The normalized spacial score (nSPS) is 11.9. The number of ether oxygens (including phenoxy) is 1. The van der Waals surface area contributed by atoms with Gasteiger partial charge in [0.25, 0.3) is 5.69 Å². The molecule has 0 saturated carbocycles. The molecule has 2 aromatic rings. The van der Waals surface area contributed by atoms with Crippen LogP contribution in [0.25, 0.3) is 6.08 Å². The van der Waals surface area contributed by atoms with Crippen molar-refractivity contribution < 1.29 is 31.3 Å². The van der Waals surface area contributed by atoms with Crippen LogP contribution in [0.3, 0.4) is 0 Å². The molecule has 0 atom stereocenters. The second-order valence-corrected chi connectivity index (χ2v) is 10.0. The summed E-state index contributed by atoms with van der Waals surface area (Å²) >= 11 is 0. The molecule has 0 aliphatic rings. The number of amides is 1. The van der Waals surface area contributed by atoms with Crippen LogP contribution in [-0.4, -0.2) is 54.9 Å². The van der Waals surface area contributed by atoms with E-state index in [1.165, 1.54) is 50.6 Å². The quantitative estimate of drug-likeness (QED) is 0.175. The lowest BCUT2D eigenvalue weighted by molar-refractivity contribution is -0.385. The number of carbonyl (C=O) groups is 1. The minimum atomic E-state index is -4.00. The molecule has 2 rings (SSSR count). The Kier molecular flexibility index (Phi) is 8.64. The van der Waals surface area contributed by atoms with E-state index in [0.29, 0.717) is 5.56 Å². The molecule has 14 heteroatoms. The minimum absolute atomic E-state index is 0.0562. The van der Waals surface area contributed by atoms with E-state index in [1.54, 1.807) is 6.07 Å². The topological polar surface area (TPSA) is 174 Å². The Morgan fingerprint density at radius 3 is 2.45 bits per heavy atom. The summed E-state index contributed by atoms with van der Waals surface area (Å²) in [6.45, 7) is -0.211. The number of nitro benzene ring substituents is 1. The fourth-order valence-corrected chi connectivity index (χ4v) is 4.56. The van der Waals surface area contributed by atoms with Crippen molar-refractivity contribution in [2.75, 3.05) is 27.2 Å². The molecule has 0 heterocycles. The first-order chi connectivity index (χ1) is 15.5. The van der Waals surface area contributed by atoms with Gasteiger partial charge in [0, 0.05) is 31.3 Å². The molecule has 178 valence electrons. The zero-order chi connectivity index (χ0) is 24.6. The number of carbonyl (C=O) groups excluding carboxylic acids is 1. The highest BCUT2D eigenvalue weighted by atomic mass is 32.2. The molecule has 0 aliphatic carbocycles. The van der Waals surface area contributed by atoms with Gasteiger partial charge in [0.05, 0.1) is 16.9 Å². The molecule has 0 bridgehead atoms. The van der Waals surface area contributed by atoms with E-state index in [0.717, 1.165) is 12.1 Å². The maximum absolute atomic E-state index is 12.2. The van der Waals surface area contributed by atoms with Crippen LogP contribution in [0.4, 0.5) is 5.69 Å². The monoisotopic (exact) mass is 498 g/mol. The highest BCUT2D eigenvalue weighted by molar-refractivity contribution is 7.89. The number of nitrogens with zero attached hydrogens (tertiary/aromatic N) is 1. The molecule has 0 aliphatic heterocycles. The Balaban J connectivity index is 1.95. The van der Waals surface area contributed by atoms with Gasteiger partial charge in [-0.15, -0.1) is 0 Å². The van der Waals surface area contributed by atoms with Crippen LogP contribution in [0.15, 0.2) is 58.3 Å². The average molecular weight is 499 g/mol. The summed E-state index contributed by atoms with van der Waals surface area (Å²) in [6.07, 6.45) is 2.55. The first kappa shape index (κ1) is 25.9. The molecule has 3 N–H and O–H groups in total. The summed E-state index contributed by atoms with van der Waals surface area (Å²) in [4.78, 5) is 21.7. The Bertz CT molecular complexity index is 1270. The number of non-ortho nitro benzene ring substituents is 1. The molecule has 0 fully saturated rings. The molecule has 1 amide bonds. The van der Waals surface area contributed by atoms with Gasteiger partial charge in [-0.05, 0) is 36.9 Å². The van der Waals surface area contributed by atoms with Crippen molar-refractivity contribution in [1.82, 2.24) is 14.8 Å². The average Bonchev–Trinajstić information content (AvgIpc) is 2.80. The van der Waals surface area contributed by atoms with Crippen LogP contribution in [-0.2, 0) is 24.8 Å². The third-order valence-corrected chi connectivity index (χ3v) is 7.12. The summed E-state index contributed by atoms with van der Waals surface area (Å²) in [6, 6.07) is 8.92. The van der Waals surface area contributed by atoms with Crippen molar-refractivity contribution in [3.63, 3.8) is 0 Å². The van der Waals surface area contributed by atoms with Crippen molar-refractivity contribution in [3.05, 3.63) is 64.2 Å². The van der Waals surface area contributed by atoms with E-state index < -0.39 is 30.9 Å². The van der Waals surface area contributed by atoms with E-state index in [2.05, 4.69) is 14.8 Å². The lowest BCUT2D eigenvalue weighted by Crippen LogP contribution is -2.34. The van der Waals surface area contributed by atoms with E-state index >= 15 is 0 Å². The largest absolute Gasteiger partial charge is 0.495 e. The number of methoxy groups -OCH3 is 1. The Hall–Kier alpha value is -3.33. The third-order valence-electron chi connectivity index (χ3n) is 4.23. The fraction of sp³-hybridized carbons (Fsp3) is 0.211. The molecule has 0 aromatic heterocycles. The number of nitrogens with one attached hydrogen (secondary N) is 3. The number of nitro groups is 1. The number of hydrogen-bond donors (Lipinski definition) is 3. The van der Waals surface area contributed by atoms with Gasteiger partial charge in [-0.2, -0.15) is 0 Å². The summed E-state index contributed by atoms with van der Waals surface area (Å²) in [5, 5.41) is 13.3. The highest BCUT2D eigenvalue weighted by Gasteiger charge is 2.18. The predicted octanol–water partition coefficient (Wildman–Crippen LogP) is 0.619. The molecular weight excluding hydrogens is 476 g/mol. The molecular formula is C19H22N4O8S2. The van der Waals surface area contributed by atoms with Crippen LogP contribution in [0.5, 0.6) is 5.75 Å². The SMILES string of the molecule is CNS(=O)(=O)c1cc(/C=C/C(=O)NCCNS(=O)(=O)c2cccc([N+](=O)[O-])c2)ccc1OC. The Labute approximate surface area is 190 Å². The summed E-state index contributed by atoms with van der Waals surface area (Å²) in [5.74, 6) is -0.402.